The molecule has 6 heteroatoms. The molecule has 0 aliphatic heterocycles. The largest absolute Gasteiger partial charge is 0.356 e. The maximum Gasteiger partial charge on any atom is 0.240 e. The Morgan fingerprint density at radius 3 is 2.28 bits per heavy atom. The van der Waals surface area contributed by atoms with Gasteiger partial charge in [0.1, 0.15) is 0 Å². The number of carbonyl (C=O) groups excluding carboxylic acids is 1. The third kappa shape index (κ3) is 5.82. The molecule has 1 amide bonds. The second kappa shape index (κ2) is 9.34. The minimum atomic E-state index is -3.43. The van der Waals surface area contributed by atoms with E-state index in [1.807, 2.05) is 26.0 Å². The summed E-state index contributed by atoms with van der Waals surface area (Å²) in [5.41, 5.74) is 1.02. The zero-order chi connectivity index (χ0) is 18.3. The average Bonchev–Trinajstić information content (AvgIpc) is 3.09. The Labute approximate surface area is 151 Å². The smallest absolute Gasteiger partial charge is 0.240 e. The molecule has 0 atom stereocenters. The lowest BCUT2D eigenvalue weighted by atomic mass is 10.0. The van der Waals surface area contributed by atoms with Crippen molar-refractivity contribution >= 4 is 15.9 Å². The quantitative estimate of drug-likeness (QED) is 0.705. The zero-order valence-corrected chi connectivity index (χ0v) is 16.1. The average molecular weight is 367 g/mol. The van der Waals surface area contributed by atoms with E-state index in [0.717, 1.165) is 44.1 Å². The minimum absolute atomic E-state index is 0.0740. The number of benzene rings is 1. The fourth-order valence-electron chi connectivity index (χ4n) is 3.30. The van der Waals surface area contributed by atoms with E-state index in [1.54, 1.807) is 12.1 Å². The number of hydrogen-bond donors (Lipinski definition) is 2. The molecule has 0 bridgehead atoms. The first kappa shape index (κ1) is 19.9. The highest BCUT2D eigenvalue weighted by atomic mass is 32.2. The summed E-state index contributed by atoms with van der Waals surface area (Å²) < 4.78 is 27.5. The van der Waals surface area contributed by atoms with E-state index < -0.39 is 10.0 Å². The highest BCUT2D eigenvalue weighted by Gasteiger charge is 2.22. The van der Waals surface area contributed by atoms with Crippen molar-refractivity contribution < 1.29 is 13.2 Å². The number of amides is 1. The summed E-state index contributed by atoms with van der Waals surface area (Å²) in [5, 5.41) is 2.96. The second-order valence-electron chi connectivity index (χ2n) is 6.80. The van der Waals surface area contributed by atoms with E-state index in [0.29, 0.717) is 17.9 Å². The van der Waals surface area contributed by atoms with Crippen molar-refractivity contribution in [2.45, 2.75) is 69.7 Å². The molecule has 1 aromatic rings. The second-order valence-corrected chi connectivity index (χ2v) is 8.52. The number of hydrogen-bond acceptors (Lipinski definition) is 3. The third-order valence-corrected chi connectivity index (χ3v) is 6.52. The molecule has 1 aliphatic carbocycles. The highest BCUT2D eigenvalue weighted by Crippen LogP contribution is 2.20. The van der Waals surface area contributed by atoms with Gasteiger partial charge in [-0.25, -0.2) is 13.1 Å². The molecule has 2 rings (SSSR count). The molecule has 25 heavy (non-hydrogen) atoms. The van der Waals surface area contributed by atoms with Crippen LogP contribution in [0.1, 0.15) is 57.9 Å². The summed E-state index contributed by atoms with van der Waals surface area (Å²) in [7, 11) is -3.43. The van der Waals surface area contributed by atoms with Gasteiger partial charge in [-0.15, -0.1) is 0 Å². The maximum atomic E-state index is 12.4. The Balaban J connectivity index is 1.86. The van der Waals surface area contributed by atoms with Crippen LogP contribution in [0.25, 0.3) is 0 Å². The number of carbonyl (C=O) groups is 1. The van der Waals surface area contributed by atoms with Crippen molar-refractivity contribution in [2.75, 3.05) is 6.54 Å². The van der Waals surface area contributed by atoms with Gasteiger partial charge in [-0.05, 0) is 49.8 Å². The summed E-state index contributed by atoms with van der Waals surface area (Å²) in [6.45, 7) is 4.61. The Bertz CT molecular complexity index is 646. The molecule has 1 saturated carbocycles. The molecule has 0 heterocycles. The van der Waals surface area contributed by atoms with Crippen LogP contribution in [0.4, 0.5) is 0 Å². The van der Waals surface area contributed by atoms with E-state index in [1.165, 1.54) is 0 Å². The Morgan fingerprint density at radius 1 is 1.12 bits per heavy atom. The number of sulfonamides is 1. The van der Waals surface area contributed by atoms with E-state index in [2.05, 4.69) is 10.0 Å². The molecule has 2 N–H and O–H groups in total. The van der Waals surface area contributed by atoms with E-state index in [9.17, 15) is 13.2 Å². The van der Waals surface area contributed by atoms with Gasteiger partial charge in [0.2, 0.25) is 15.9 Å². The van der Waals surface area contributed by atoms with Gasteiger partial charge in [0.05, 0.1) is 4.90 Å². The first-order chi connectivity index (χ1) is 12.0. The number of rotatable bonds is 9. The first-order valence-electron chi connectivity index (χ1n) is 9.35. The molecule has 5 nitrogen and oxygen atoms in total. The van der Waals surface area contributed by atoms with Crippen molar-refractivity contribution in [1.82, 2.24) is 10.0 Å². The van der Waals surface area contributed by atoms with Crippen LogP contribution >= 0.6 is 0 Å². The standard InChI is InChI=1S/C19H30N2O3S/c1-3-16(4-2)19(22)20-14-13-15-9-11-18(12-10-15)25(23,24)21-17-7-5-6-8-17/h9-12,16-17,21H,3-8,13-14H2,1-2H3,(H,20,22). The van der Waals surface area contributed by atoms with Crippen molar-refractivity contribution in [1.29, 1.82) is 0 Å². The van der Waals surface area contributed by atoms with Gasteiger partial charge in [0.15, 0.2) is 0 Å². The molecule has 0 radical (unpaired) electrons. The maximum absolute atomic E-state index is 12.4. The lowest BCUT2D eigenvalue weighted by Crippen LogP contribution is -2.32. The highest BCUT2D eigenvalue weighted by molar-refractivity contribution is 7.89. The molecule has 140 valence electrons. The molecule has 0 saturated heterocycles. The predicted molar refractivity (Wildman–Crippen MR) is 99.8 cm³/mol. The van der Waals surface area contributed by atoms with Crippen molar-refractivity contribution in [3.05, 3.63) is 29.8 Å². The van der Waals surface area contributed by atoms with Crippen LogP contribution in [-0.4, -0.2) is 26.9 Å². The molecule has 1 aromatic carbocycles. The SMILES string of the molecule is CCC(CC)C(=O)NCCc1ccc(S(=O)(=O)NC2CCCC2)cc1. The summed E-state index contributed by atoms with van der Waals surface area (Å²) in [4.78, 5) is 12.3. The first-order valence-corrected chi connectivity index (χ1v) is 10.8. The minimum Gasteiger partial charge on any atom is -0.356 e. The van der Waals surface area contributed by atoms with Crippen LogP contribution in [-0.2, 0) is 21.2 Å². The predicted octanol–water partition coefficient (Wildman–Crippen LogP) is 3.00. The van der Waals surface area contributed by atoms with Gasteiger partial charge in [-0.3, -0.25) is 4.79 Å². The van der Waals surface area contributed by atoms with Gasteiger partial charge < -0.3 is 5.32 Å². The van der Waals surface area contributed by atoms with Crippen LogP contribution in [0, 0.1) is 5.92 Å². The van der Waals surface area contributed by atoms with E-state index in [-0.39, 0.29) is 17.9 Å². The molecule has 1 aliphatic rings. The molecule has 0 unspecified atom stereocenters. The van der Waals surface area contributed by atoms with Crippen LogP contribution in [0.15, 0.2) is 29.2 Å². The summed E-state index contributed by atoms with van der Waals surface area (Å²) in [5.74, 6) is 0.180. The van der Waals surface area contributed by atoms with Gasteiger partial charge in [-0.1, -0.05) is 38.8 Å². The van der Waals surface area contributed by atoms with Crippen molar-refractivity contribution in [3.8, 4) is 0 Å². The van der Waals surface area contributed by atoms with Gasteiger partial charge in [0.25, 0.3) is 0 Å². The van der Waals surface area contributed by atoms with Crippen molar-refractivity contribution in [2.24, 2.45) is 5.92 Å². The van der Waals surface area contributed by atoms with Crippen LogP contribution in [0.5, 0.6) is 0 Å². The van der Waals surface area contributed by atoms with Crippen LogP contribution in [0.3, 0.4) is 0 Å². The summed E-state index contributed by atoms with van der Waals surface area (Å²) in [6, 6.07) is 7.02. The van der Waals surface area contributed by atoms with E-state index >= 15 is 0 Å². The van der Waals surface area contributed by atoms with Gasteiger partial charge in [0, 0.05) is 18.5 Å². The third-order valence-electron chi connectivity index (χ3n) is 4.98. The fraction of sp³-hybridized carbons (Fsp3) is 0.632. The fourth-order valence-corrected chi connectivity index (χ4v) is 4.61. The molecule has 0 aromatic heterocycles. The van der Waals surface area contributed by atoms with Crippen molar-refractivity contribution in [3.63, 3.8) is 0 Å². The van der Waals surface area contributed by atoms with E-state index in [4.69, 9.17) is 0 Å². The van der Waals surface area contributed by atoms with Crippen LogP contribution < -0.4 is 10.0 Å². The molecular weight excluding hydrogens is 336 g/mol. The monoisotopic (exact) mass is 366 g/mol. The number of nitrogens with one attached hydrogen (secondary N) is 2. The van der Waals surface area contributed by atoms with Gasteiger partial charge in [-0.2, -0.15) is 0 Å². The lowest BCUT2D eigenvalue weighted by Gasteiger charge is -2.14. The Kier molecular flexibility index (Phi) is 7.44. The summed E-state index contributed by atoms with van der Waals surface area (Å²) in [6.07, 6.45) is 6.43. The topological polar surface area (TPSA) is 75.3 Å². The normalized spacial score (nSPS) is 15.6. The Hall–Kier alpha value is -1.40. The van der Waals surface area contributed by atoms with Gasteiger partial charge >= 0.3 is 0 Å². The van der Waals surface area contributed by atoms with Crippen LogP contribution in [0.2, 0.25) is 0 Å². The Morgan fingerprint density at radius 2 is 1.72 bits per heavy atom. The molecular formula is C19H30N2O3S. The molecule has 1 fully saturated rings. The summed E-state index contributed by atoms with van der Waals surface area (Å²) >= 11 is 0. The lowest BCUT2D eigenvalue weighted by molar-refractivity contribution is -0.125. The zero-order valence-electron chi connectivity index (χ0n) is 15.3. The molecule has 0 spiro atoms.